The molecule has 0 aromatic heterocycles. The van der Waals surface area contributed by atoms with Gasteiger partial charge in [0.25, 0.3) is 10.0 Å². The normalized spacial score (nSPS) is 14.1. The number of nitrogens with two attached hydrogens (primary N) is 2. The van der Waals surface area contributed by atoms with Gasteiger partial charge in [0.15, 0.2) is 0 Å². The minimum Gasteiger partial charge on any atom is -0.444 e. The summed E-state index contributed by atoms with van der Waals surface area (Å²) in [5, 5.41) is 13.8. The molecule has 0 aliphatic rings. The zero-order chi connectivity index (χ0) is 26.4. The summed E-state index contributed by atoms with van der Waals surface area (Å²) < 4.78 is 32.7. The zero-order valence-electron chi connectivity index (χ0n) is 20.8. The summed E-state index contributed by atoms with van der Waals surface area (Å²) in [5.41, 5.74) is 11.9. The summed E-state index contributed by atoms with van der Waals surface area (Å²) in [4.78, 5) is 17.9. The molecule has 0 spiro atoms. The van der Waals surface area contributed by atoms with Crippen molar-refractivity contribution in [3.8, 4) is 0 Å². The number of alkyl carbamates (subject to hydrolysis) is 1. The SMILES string of the molecule is CC(C)ON(C[C@H](O)[C@H](Cc1ccccc1)NC(=O)OC(C)(C)C)S(=O)(=O)c1ccc(N)c(N)c1. The van der Waals surface area contributed by atoms with Gasteiger partial charge < -0.3 is 26.6 Å². The van der Waals surface area contributed by atoms with Crippen molar-refractivity contribution in [3.63, 3.8) is 0 Å². The molecule has 2 rings (SSSR count). The van der Waals surface area contributed by atoms with Crippen LogP contribution in [-0.2, 0) is 26.0 Å². The van der Waals surface area contributed by atoms with E-state index in [2.05, 4.69) is 5.32 Å². The van der Waals surface area contributed by atoms with Crippen LogP contribution in [0.3, 0.4) is 0 Å². The number of benzene rings is 2. The number of amides is 1. The van der Waals surface area contributed by atoms with Crippen molar-refractivity contribution in [2.24, 2.45) is 0 Å². The Morgan fingerprint density at radius 1 is 1.09 bits per heavy atom. The smallest absolute Gasteiger partial charge is 0.407 e. The first-order chi connectivity index (χ1) is 16.2. The second-order valence-corrected chi connectivity index (χ2v) is 11.3. The number of rotatable bonds is 10. The monoisotopic (exact) mass is 508 g/mol. The van der Waals surface area contributed by atoms with Gasteiger partial charge in [-0.05, 0) is 64.8 Å². The molecule has 0 saturated carbocycles. The number of hydroxylamine groups is 1. The number of nitrogens with zero attached hydrogens (tertiary/aromatic N) is 1. The number of nitrogens with one attached hydrogen (secondary N) is 1. The van der Waals surface area contributed by atoms with Gasteiger partial charge in [0.2, 0.25) is 0 Å². The molecule has 6 N–H and O–H groups in total. The van der Waals surface area contributed by atoms with Crippen molar-refractivity contribution in [2.75, 3.05) is 18.0 Å². The highest BCUT2D eigenvalue weighted by Gasteiger charge is 2.33. The summed E-state index contributed by atoms with van der Waals surface area (Å²) in [7, 11) is -4.22. The van der Waals surface area contributed by atoms with Crippen molar-refractivity contribution in [1.29, 1.82) is 0 Å². The quantitative estimate of drug-likeness (QED) is 0.282. The lowest BCUT2D eigenvalue weighted by atomic mass is 10.0. The highest BCUT2D eigenvalue weighted by atomic mass is 32.2. The molecule has 11 heteroatoms. The predicted molar refractivity (Wildman–Crippen MR) is 135 cm³/mol. The van der Waals surface area contributed by atoms with E-state index in [0.29, 0.717) is 4.47 Å². The predicted octanol–water partition coefficient (Wildman–Crippen LogP) is 2.68. The first-order valence-corrected chi connectivity index (χ1v) is 12.7. The molecule has 2 atom stereocenters. The van der Waals surface area contributed by atoms with Crippen LogP contribution in [0.5, 0.6) is 0 Å². The topological polar surface area (TPSA) is 157 Å². The Hall–Kier alpha value is -2.86. The standard InChI is InChI=1S/C24H36N4O6S/c1-16(2)34-28(35(31,32)18-11-12-19(25)20(26)14-18)15-22(29)21(13-17-9-7-6-8-10-17)27-23(30)33-24(3,4)5/h6-12,14,16,21-22,29H,13,15,25-26H2,1-5H3,(H,27,30)/t21-,22-/m0/s1. The molecule has 35 heavy (non-hydrogen) atoms. The maximum absolute atomic E-state index is 13.3. The molecule has 0 bridgehead atoms. The highest BCUT2D eigenvalue weighted by Crippen LogP contribution is 2.24. The number of sulfonamides is 1. The molecule has 0 heterocycles. The van der Waals surface area contributed by atoms with Gasteiger partial charge in [-0.15, -0.1) is 0 Å². The van der Waals surface area contributed by atoms with Crippen LogP contribution < -0.4 is 16.8 Å². The summed E-state index contributed by atoms with van der Waals surface area (Å²) >= 11 is 0. The Labute approximate surface area is 207 Å². The maximum atomic E-state index is 13.3. The molecular formula is C24H36N4O6S. The van der Waals surface area contributed by atoms with Crippen LogP contribution in [0, 0.1) is 0 Å². The molecule has 0 aliphatic carbocycles. The number of anilines is 2. The number of hydrogen-bond acceptors (Lipinski definition) is 8. The molecule has 194 valence electrons. The van der Waals surface area contributed by atoms with Crippen molar-refractivity contribution >= 4 is 27.5 Å². The van der Waals surface area contributed by atoms with E-state index in [-0.39, 0.29) is 22.7 Å². The lowest BCUT2D eigenvalue weighted by molar-refractivity contribution is -0.136. The number of carbonyl (C=O) groups excluding carboxylic acids is 1. The van der Waals surface area contributed by atoms with E-state index < -0.39 is 46.5 Å². The second kappa shape index (κ2) is 11.7. The number of hydrogen-bond donors (Lipinski definition) is 4. The lowest BCUT2D eigenvalue weighted by Gasteiger charge is -2.30. The average Bonchev–Trinajstić information content (AvgIpc) is 2.73. The molecule has 10 nitrogen and oxygen atoms in total. The minimum absolute atomic E-state index is 0.102. The Bertz CT molecular complexity index is 1090. The summed E-state index contributed by atoms with van der Waals surface area (Å²) in [6.07, 6.45) is -2.37. The lowest BCUT2D eigenvalue weighted by Crippen LogP contribution is -2.51. The van der Waals surface area contributed by atoms with Gasteiger partial charge in [-0.2, -0.15) is 0 Å². The van der Waals surface area contributed by atoms with Crippen LogP contribution >= 0.6 is 0 Å². The van der Waals surface area contributed by atoms with Gasteiger partial charge in [0.1, 0.15) is 5.60 Å². The first kappa shape index (κ1) is 28.4. The van der Waals surface area contributed by atoms with Gasteiger partial charge in [0, 0.05) is 0 Å². The van der Waals surface area contributed by atoms with Crippen LogP contribution in [-0.4, -0.2) is 54.5 Å². The third-order valence-electron chi connectivity index (χ3n) is 4.75. The van der Waals surface area contributed by atoms with Crippen LogP contribution in [0.2, 0.25) is 0 Å². The van der Waals surface area contributed by atoms with Gasteiger partial charge in [0.05, 0.1) is 41.1 Å². The molecule has 0 fully saturated rings. The molecule has 0 saturated heterocycles. The van der Waals surface area contributed by atoms with Gasteiger partial charge in [-0.1, -0.05) is 34.8 Å². The Kier molecular flexibility index (Phi) is 9.50. The fourth-order valence-corrected chi connectivity index (χ4v) is 4.54. The Balaban J connectivity index is 2.34. The van der Waals surface area contributed by atoms with Crippen molar-refractivity contribution < 1.29 is 27.9 Å². The third kappa shape index (κ3) is 8.70. The molecule has 1 amide bonds. The Morgan fingerprint density at radius 2 is 1.71 bits per heavy atom. The van der Waals surface area contributed by atoms with Crippen molar-refractivity contribution in [2.45, 2.75) is 69.8 Å². The van der Waals surface area contributed by atoms with E-state index in [0.717, 1.165) is 5.56 Å². The van der Waals surface area contributed by atoms with E-state index in [4.69, 9.17) is 21.0 Å². The second-order valence-electron chi connectivity index (χ2n) is 9.45. The highest BCUT2D eigenvalue weighted by molar-refractivity contribution is 7.89. The summed E-state index contributed by atoms with van der Waals surface area (Å²) in [6, 6.07) is 12.2. The van der Waals surface area contributed by atoms with E-state index in [1.54, 1.807) is 34.6 Å². The average molecular weight is 509 g/mol. The van der Waals surface area contributed by atoms with Gasteiger partial charge >= 0.3 is 6.09 Å². The minimum atomic E-state index is -4.22. The number of aliphatic hydroxyl groups excluding tert-OH is 1. The fourth-order valence-electron chi connectivity index (χ4n) is 3.15. The van der Waals surface area contributed by atoms with E-state index in [9.17, 15) is 18.3 Å². The maximum Gasteiger partial charge on any atom is 0.407 e. The zero-order valence-corrected chi connectivity index (χ0v) is 21.6. The number of ether oxygens (including phenoxy) is 1. The third-order valence-corrected chi connectivity index (χ3v) is 6.37. The van der Waals surface area contributed by atoms with E-state index in [1.807, 2.05) is 30.3 Å². The molecule has 0 aliphatic heterocycles. The van der Waals surface area contributed by atoms with Crippen LogP contribution in [0.1, 0.15) is 40.2 Å². The summed E-state index contributed by atoms with van der Waals surface area (Å²) in [5.74, 6) is 0. The number of nitrogen functional groups attached to an aromatic ring is 2. The van der Waals surface area contributed by atoms with Gasteiger partial charge in [-0.25, -0.2) is 13.2 Å². The van der Waals surface area contributed by atoms with E-state index >= 15 is 0 Å². The van der Waals surface area contributed by atoms with E-state index in [1.165, 1.54) is 18.2 Å². The number of aliphatic hydroxyl groups is 1. The first-order valence-electron chi connectivity index (χ1n) is 11.2. The fraction of sp³-hybridized carbons (Fsp3) is 0.458. The van der Waals surface area contributed by atoms with Crippen LogP contribution in [0.4, 0.5) is 16.2 Å². The molecule has 0 unspecified atom stereocenters. The summed E-state index contributed by atoms with van der Waals surface area (Å²) in [6.45, 7) is 8.02. The molecular weight excluding hydrogens is 472 g/mol. The molecule has 2 aromatic rings. The number of carbonyl (C=O) groups is 1. The Morgan fingerprint density at radius 3 is 2.26 bits per heavy atom. The molecule has 0 radical (unpaired) electrons. The van der Waals surface area contributed by atoms with Crippen molar-refractivity contribution in [3.05, 3.63) is 54.1 Å². The van der Waals surface area contributed by atoms with Crippen LogP contribution in [0.15, 0.2) is 53.4 Å². The van der Waals surface area contributed by atoms with Crippen molar-refractivity contribution in [1.82, 2.24) is 9.79 Å². The largest absolute Gasteiger partial charge is 0.444 e. The molecule has 2 aromatic carbocycles. The van der Waals surface area contributed by atoms with Crippen LogP contribution in [0.25, 0.3) is 0 Å². The van der Waals surface area contributed by atoms with Gasteiger partial charge in [-0.3, -0.25) is 4.84 Å².